The molecule has 0 bridgehead atoms. The van der Waals surface area contributed by atoms with E-state index in [1.165, 1.54) is 18.6 Å². The lowest BCUT2D eigenvalue weighted by atomic mass is 9.91. The van der Waals surface area contributed by atoms with Crippen LogP contribution in [-0.2, 0) is 6.42 Å². The van der Waals surface area contributed by atoms with Crippen LogP contribution >= 0.6 is 0 Å². The largest absolute Gasteiger partial charge is 0.337 e. The monoisotopic (exact) mass is 298 g/mol. The molecule has 4 heteroatoms. The normalized spacial score (nSPS) is 14.5. The Morgan fingerprint density at radius 3 is 2.73 bits per heavy atom. The van der Waals surface area contributed by atoms with Gasteiger partial charge in [0.25, 0.3) is 5.91 Å². The number of rotatable bonds is 4. The van der Waals surface area contributed by atoms with Crippen molar-refractivity contribution in [2.45, 2.75) is 31.7 Å². The van der Waals surface area contributed by atoms with Crippen molar-refractivity contribution in [2.75, 3.05) is 7.05 Å². The number of hydrogen-bond acceptors (Lipinski definition) is 2. The number of hydrogen-bond donors (Lipinski definition) is 0. The molecule has 1 aromatic carbocycles. The van der Waals surface area contributed by atoms with Gasteiger partial charge in [0.1, 0.15) is 11.5 Å². The van der Waals surface area contributed by atoms with Gasteiger partial charge in [0, 0.05) is 25.2 Å². The molecule has 3 rings (SSSR count). The predicted molar refractivity (Wildman–Crippen MR) is 83.2 cm³/mol. The minimum atomic E-state index is -0.255. The van der Waals surface area contributed by atoms with E-state index in [-0.39, 0.29) is 11.7 Å². The summed E-state index contributed by atoms with van der Waals surface area (Å²) in [5, 5.41) is 0. The van der Waals surface area contributed by atoms with E-state index < -0.39 is 0 Å². The highest BCUT2D eigenvalue weighted by molar-refractivity contribution is 5.92. The van der Waals surface area contributed by atoms with Crippen LogP contribution in [0.15, 0.2) is 42.5 Å². The Hall–Kier alpha value is -2.23. The summed E-state index contributed by atoms with van der Waals surface area (Å²) in [7, 11) is 1.84. The van der Waals surface area contributed by atoms with Gasteiger partial charge < -0.3 is 4.90 Å². The van der Waals surface area contributed by atoms with E-state index >= 15 is 0 Å². The Morgan fingerprint density at radius 1 is 1.27 bits per heavy atom. The summed E-state index contributed by atoms with van der Waals surface area (Å²) >= 11 is 0. The van der Waals surface area contributed by atoms with Gasteiger partial charge in [0.05, 0.1) is 0 Å². The fraction of sp³-hybridized carbons (Fsp3) is 0.333. The van der Waals surface area contributed by atoms with Crippen LogP contribution in [0, 0.1) is 5.82 Å². The van der Waals surface area contributed by atoms with Gasteiger partial charge in [-0.1, -0.05) is 18.2 Å². The van der Waals surface area contributed by atoms with Crippen molar-refractivity contribution in [3.8, 4) is 0 Å². The molecule has 0 atom stereocenters. The van der Waals surface area contributed by atoms with E-state index in [1.54, 1.807) is 17.0 Å². The van der Waals surface area contributed by atoms with E-state index in [0.717, 1.165) is 24.1 Å². The van der Waals surface area contributed by atoms with E-state index in [9.17, 15) is 9.18 Å². The van der Waals surface area contributed by atoms with E-state index in [1.807, 2.05) is 25.2 Å². The summed E-state index contributed by atoms with van der Waals surface area (Å²) in [6.45, 7) is 0. The van der Waals surface area contributed by atoms with E-state index in [4.69, 9.17) is 0 Å². The zero-order valence-corrected chi connectivity index (χ0v) is 12.6. The third kappa shape index (κ3) is 3.16. The molecule has 1 aliphatic rings. The number of aromatic nitrogens is 1. The Bertz CT molecular complexity index is 682. The molecule has 0 aliphatic heterocycles. The van der Waals surface area contributed by atoms with Gasteiger partial charge >= 0.3 is 0 Å². The third-order valence-corrected chi connectivity index (χ3v) is 4.24. The molecule has 1 saturated carbocycles. The minimum absolute atomic E-state index is 0.0363. The van der Waals surface area contributed by atoms with Crippen LogP contribution in [0.25, 0.3) is 0 Å². The van der Waals surface area contributed by atoms with Crippen LogP contribution in [0.2, 0.25) is 0 Å². The number of carbonyl (C=O) groups is 1. The van der Waals surface area contributed by atoms with Crippen molar-refractivity contribution < 1.29 is 9.18 Å². The first-order valence-corrected chi connectivity index (χ1v) is 7.61. The van der Waals surface area contributed by atoms with Gasteiger partial charge in [-0.05, 0) is 49.1 Å². The van der Waals surface area contributed by atoms with Crippen molar-refractivity contribution in [1.29, 1.82) is 0 Å². The summed E-state index contributed by atoms with van der Waals surface area (Å²) in [4.78, 5) is 18.7. The van der Waals surface area contributed by atoms with Gasteiger partial charge in [-0.3, -0.25) is 4.79 Å². The fourth-order valence-corrected chi connectivity index (χ4v) is 2.67. The Balaban J connectivity index is 1.75. The summed E-state index contributed by atoms with van der Waals surface area (Å²) in [6.07, 6.45) is 3.86. The van der Waals surface area contributed by atoms with E-state index in [0.29, 0.717) is 18.2 Å². The van der Waals surface area contributed by atoms with Crippen molar-refractivity contribution >= 4 is 5.91 Å². The number of pyridine rings is 1. The minimum Gasteiger partial charge on any atom is -0.337 e. The van der Waals surface area contributed by atoms with Gasteiger partial charge in [-0.2, -0.15) is 0 Å². The maximum Gasteiger partial charge on any atom is 0.272 e. The van der Waals surface area contributed by atoms with Crippen LogP contribution in [0.1, 0.15) is 41.0 Å². The SMILES string of the molecule is CN(C(=O)c1cccc(Cc2cccc(F)c2)n1)C1CCC1. The van der Waals surface area contributed by atoms with Crippen molar-refractivity contribution in [3.63, 3.8) is 0 Å². The molecule has 0 N–H and O–H groups in total. The number of amides is 1. The average Bonchev–Trinajstić information content (AvgIpc) is 2.45. The zero-order chi connectivity index (χ0) is 15.5. The summed E-state index contributed by atoms with van der Waals surface area (Å²) < 4.78 is 13.2. The lowest BCUT2D eigenvalue weighted by molar-refractivity contribution is 0.0646. The molecule has 1 fully saturated rings. The topological polar surface area (TPSA) is 33.2 Å². The van der Waals surface area contributed by atoms with Crippen molar-refractivity contribution in [1.82, 2.24) is 9.88 Å². The molecule has 22 heavy (non-hydrogen) atoms. The van der Waals surface area contributed by atoms with Gasteiger partial charge in [0.2, 0.25) is 0 Å². The highest BCUT2D eigenvalue weighted by atomic mass is 19.1. The van der Waals surface area contributed by atoms with Gasteiger partial charge in [-0.25, -0.2) is 9.37 Å². The number of carbonyl (C=O) groups excluding carboxylic acids is 1. The zero-order valence-electron chi connectivity index (χ0n) is 12.6. The van der Waals surface area contributed by atoms with E-state index in [2.05, 4.69) is 4.98 Å². The molecular weight excluding hydrogens is 279 g/mol. The Morgan fingerprint density at radius 2 is 2.05 bits per heavy atom. The molecule has 0 unspecified atom stereocenters. The second-order valence-corrected chi connectivity index (χ2v) is 5.82. The first-order valence-electron chi connectivity index (χ1n) is 7.61. The second-order valence-electron chi connectivity index (χ2n) is 5.82. The molecule has 0 spiro atoms. The molecule has 3 nitrogen and oxygen atoms in total. The maximum atomic E-state index is 13.2. The fourth-order valence-electron chi connectivity index (χ4n) is 2.67. The Labute approximate surface area is 129 Å². The molecule has 1 aliphatic carbocycles. The number of halogens is 1. The summed E-state index contributed by atoms with van der Waals surface area (Å²) in [5.41, 5.74) is 2.09. The lowest BCUT2D eigenvalue weighted by Gasteiger charge is -2.34. The second kappa shape index (κ2) is 6.26. The first-order chi connectivity index (χ1) is 10.6. The highest BCUT2D eigenvalue weighted by Gasteiger charge is 2.26. The van der Waals surface area contributed by atoms with Crippen LogP contribution in [0.5, 0.6) is 0 Å². The van der Waals surface area contributed by atoms with Crippen LogP contribution in [-0.4, -0.2) is 28.9 Å². The van der Waals surface area contributed by atoms with Gasteiger partial charge in [0.15, 0.2) is 0 Å². The van der Waals surface area contributed by atoms with Crippen LogP contribution in [0.4, 0.5) is 4.39 Å². The molecule has 114 valence electrons. The number of nitrogens with zero attached hydrogens (tertiary/aromatic N) is 2. The third-order valence-electron chi connectivity index (χ3n) is 4.24. The first kappa shape index (κ1) is 14.7. The van der Waals surface area contributed by atoms with Crippen molar-refractivity contribution in [3.05, 3.63) is 65.2 Å². The molecule has 1 amide bonds. The van der Waals surface area contributed by atoms with Gasteiger partial charge in [-0.15, -0.1) is 0 Å². The number of benzene rings is 1. The maximum absolute atomic E-state index is 13.2. The lowest BCUT2D eigenvalue weighted by Crippen LogP contribution is -2.41. The smallest absolute Gasteiger partial charge is 0.272 e. The highest BCUT2D eigenvalue weighted by Crippen LogP contribution is 2.24. The quantitative estimate of drug-likeness (QED) is 0.866. The van der Waals surface area contributed by atoms with Crippen LogP contribution < -0.4 is 0 Å². The average molecular weight is 298 g/mol. The predicted octanol–water partition coefficient (Wildman–Crippen LogP) is 3.44. The molecule has 1 heterocycles. The Kier molecular flexibility index (Phi) is 4.18. The van der Waals surface area contributed by atoms with Crippen molar-refractivity contribution in [2.24, 2.45) is 0 Å². The molecule has 2 aromatic rings. The molecular formula is C18H19FN2O. The molecule has 0 saturated heterocycles. The van der Waals surface area contributed by atoms with Crippen LogP contribution in [0.3, 0.4) is 0 Å². The molecule has 0 radical (unpaired) electrons. The molecule has 1 aromatic heterocycles. The standard InChI is InChI=1S/C18H19FN2O/c1-21(16-8-4-9-16)18(22)17-10-3-7-15(20-17)12-13-5-2-6-14(19)11-13/h2-3,5-7,10-11,16H,4,8-9,12H2,1H3. The summed E-state index contributed by atoms with van der Waals surface area (Å²) in [5.74, 6) is -0.291. The summed E-state index contributed by atoms with van der Waals surface area (Å²) in [6, 6.07) is 12.3.